The van der Waals surface area contributed by atoms with Crippen LogP contribution in [0, 0.1) is 0 Å². The first-order chi connectivity index (χ1) is 10.9. The molecule has 10 heteroatoms. The Bertz CT molecular complexity index is 928. The molecule has 2 aromatic rings. The predicted octanol–water partition coefficient (Wildman–Crippen LogP) is 0.901. The molecule has 9 nitrogen and oxygen atoms in total. The molecule has 0 saturated carbocycles. The van der Waals surface area contributed by atoms with E-state index in [2.05, 4.69) is 20.1 Å². The highest BCUT2D eigenvalue weighted by molar-refractivity contribution is 7.92. The highest BCUT2D eigenvalue weighted by Gasteiger charge is 2.17. The van der Waals surface area contributed by atoms with Gasteiger partial charge >= 0.3 is 5.69 Å². The third-order valence-corrected chi connectivity index (χ3v) is 3.73. The number of ether oxygens (including phenoxy) is 1. The van der Waals surface area contributed by atoms with Gasteiger partial charge in [0, 0.05) is 12.3 Å². The first-order valence-corrected chi connectivity index (χ1v) is 8.47. The number of methoxy groups -OCH3 is 1. The Kier molecular flexibility index (Phi) is 3.52. The van der Waals surface area contributed by atoms with E-state index in [0.717, 1.165) is 6.26 Å². The lowest BCUT2D eigenvalue weighted by atomic mass is 10.2. The van der Waals surface area contributed by atoms with E-state index in [0.29, 0.717) is 28.6 Å². The largest absolute Gasteiger partial charge is 0.494 e. The molecule has 0 amide bonds. The fourth-order valence-corrected chi connectivity index (χ4v) is 2.77. The SMILES string of the molecule is COc1cc(NS(C)(=O)=O)ccc1N1C=Cc2[nH]c(=O)[nH]c2N1. The van der Waals surface area contributed by atoms with E-state index in [1.165, 1.54) is 7.11 Å². The summed E-state index contributed by atoms with van der Waals surface area (Å²) in [7, 11) is -1.88. The quantitative estimate of drug-likeness (QED) is 0.658. The number of fused-ring (bicyclic) bond motifs is 1. The Morgan fingerprint density at radius 2 is 2.04 bits per heavy atom. The second-order valence-corrected chi connectivity index (χ2v) is 6.67. The van der Waals surface area contributed by atoms with Crippen LogP contribution < -0.4 is 25.6 Å². The van der Waals surface area contributed by atoms with Gasteiger partial charge in [0.15, 0.2) is 5.82 Å². The van der Waals surface area contributed by atoms with Crippen molar-refractivity contribution < 1.29 is 13.2 Å². The zero-order valence-corrected chi connectivity index (χ0v) is 13.2. The number of nitrogens with one attached hydrogen (secondary N) is 4. The van der Waals surface area contributed by atoms with E-state index in [1.807, 2.05) is 0 Å². The van der Waals surface area contributed by atoms with Crippen molar-refractivity contribution in [1.29, 1.82) is 0 Å². The number of hydrazine groups is 1. The van der Waals surface area contributed by atoms with Gasteiger partial charge in [0.25, 0.3) is 0 Å². The highest BCUT2D eigenvalue weighted by atomic mass is 32.2. The lowest BCUT2D eigenvalue weighted by Gasteiger charge is -2.26. The summed E-state index contributed by atoms with van der Waals surface area (Å²) in [4.78, 5) is 16.6. The topological polar surface area (TPSA) is 119 Å². The first-order valence-electron chi connectivity index (χ1n) is 6.58. The van der Waals surface area contributed by atoms with Crippen LogP contribution in [0.3, 0.4) is 0 Å². The minimum atomic E-state index is -3.37. The molecular weight excluding hydrogens is 322 g/mol. The molecule has 1 aliphatic rings. The van der Waals surface area contributed by atoms with E-state index in [-0.39, 0.29) is 5.69 Å². The summed E-state index contributed by atoms with van der Waals surface area (Å²) in [5.41, 5.74) is 4.39. The van der Waals surface area contributed by atoms with Gasteiger partial charge in [-0.15, -0.1) is 0 Å². The van der Waals surface area contributed by atoms with Gasteiger partial charge in [-0.2, -0.15) is 0 Å². The van der Waals surface area contributed by atoms with Crippen LogP contribution >= 0.6 is 0 Å². The maximum absolute atomic E-state index is 11.3. The number of benzene rings is 1. The Morgan fingerprint density at radius 1 is 1.26 bits per heavy atom. The van der Waals surface area contributed by atoms with Gasteiger partial charge in [-0.3, -0.25) is 20.1 Å². The van der Waals surface area contributed by atoms with E-state index in [9.17, 15) is 13.2 Å². The van der Waals surface area contributed by atoms with Crippen molar-refractivity contribution >= 4 is 33.3 Å². The van der Waals surface area contributed by atoms with Gasteiger partial charge in [-0.05, 0) is 18.2 Å². The molecule has 2 heterocycles. The predicted molar refractivity (Wildman–Crippen MR) is 88.0 cm³/mol. The lowest BCUT2D eigenvalue weighted by Crippen LogP contribution is -2.27. The molecule has 122 valence electrons. The fraction of sp³-hybridized carbons (Fsp3) is 0.154. The molecule has 0 atom stereocenters. The molecule has 0 saturated heterocycles. The molecule has 1 aliphatic heterocycles. The lowest BCUT2D eigenvalue weighted by molar-refractivity contribution is 0.416. The molecule has 0 aliphatic carbocycles. The number of hydrogen-bond acceptors (Lipinski definition) is 6. The summed E-state index contributed by atoms with van der Waals surface area (Å²) in [6.45, 7) is 0. The van der Waals surface area contributed by atoms with E-state index >= 15 is 0 Å². The summed E-state index contributed by atoms with van der Waals surface area (Å²) in [5.74, 6) is 0.982. The van der Waals surface area contributed by atoms with Crippen molar-refractivity contribution in [3.05, 3.63) is 40.6 Å². The Labute approximate surface area is 132 Å². The molecule has 23 heavy (non-hydrogen) atoms. The molecule has 1 aromatic carbocycles. The maximum Gasteiger partial charge on any atom is 0.325 e. The average Bonchev–Trinajstić information content (AvgIpc) is 2.84. The highest BCUT2D eigenvalue weighted by Crippen LogP contribution is 2.33. The first kappa shape index (κ1) is 15.0. The van der Waals surface area contributed by atoms with Crippen molar-refractivity contribution in [2.45, 2.75) is 0 Å². The second-order valence-electron chi connectivity index (χ2n) is 4.93. The number of hydrogen-bond donors (Lipinski definition) is 4. The molecule has 0 radical (unpaired) electrons. The summed E-state index contributed by atoms with van der Waals surface area (Å²) in [5, 5.41) is 1.65. The number of rotatable bonds is 4. The van der Waals surface area contributed by atoms with Gasteiger partial charge in [-0.25, -0.2) is 13.2 Å². The summed E-state index contributed by atoms with van der Waals surface area (Å²) in [6.07, 6.45) is 4.52. The molecule has 4 N–H and O–H groups in total. The molecule has 0 spiro atoms. The average molecular weight is 337 g/mol. The minimum absolute atomic E-state index is 0.311. The van der Waals surface area contributed by atoms with Crippen molar-refractivity contribution in [3.8, 4) is 5.75 Å². The molecule has 0 bridgehead atoms. The number of H-pyrrole nitrogens is 2. The molecule has 3 rings (SSSR count). The Hall–Kier alpha value is -2.88. The van der Waals surface area contributed by atoms with Crippen molar-refractivity contribution in [2.24, 2.45) is 0 Å². The van der Waals surface area contributed by atoms with Crippen LogP contribution in [0.4, 0.5) is 17.2 Å². The van der Waals surface area contributed by atoms with Gasteiger partial charge in [0.1, 0.15) is 11.4 Å². The van der Waals surface area contributed by atoms with E-state index in [1.54, 1.807) is 35.5 Å². The van der Waals surface area contributed by atoms with Gasteiger partial charge in [-0.1, -0.05) is 0 Å². The minimum Gasteiger partial charge on any atom is -0.494 e. The van der Waals surface area contributed by atoms with Crippen LogP contribution in [0.2, 0.25) is 0 Å². The third-order valence-electron chi connectivity index (χ3n) is 3.12. The van der Waals surface area contributed by atoms with Crippen molar-refractivity contribution in [3.63, 3.8) is 0 Å². The smallest absolute Gasteiger partial charge is 0.325 e. The standard InChI is InChI=1S/C13H15N5O4S/c1-22-11-7-8(17-23(2,20)21)3-4-10(11)18-6-5-9-12(16-18)15-13(19)14-9/h3-7,16-17H,1-2H3,(H2,14,15,19). The van der Waals surface area contributed by atoms with Gasteiger partial charge in [0.2, 0.25) is 10.0 Å². The van der Waals surface area contributed by atoms with Crippen molar-refractivity contribution in [1.82, 2.24) is 9.97 Å². The maximum atomic E-state index is 11.3. The number of aromatic nitrogens is 2. The number of nitrogens with zero attached hydrogens (tertiary/aromatic N) is 1. The van der Waals surface area contributed by atoms with Crippen LogP contribution in [-0.4, -0.2) is 31.8 Å². The molecular formula is C13H15N5O4S. The fourth-order valence-electron chi connectivity index (χ4n) is 2.21. The monoisotopic (exact) mass is 337 g/mol. The third kappa shape index (κ3) is 3.16. The number of anilines is 3. The molecule has 1 aromatic heterocycles. The van der Waals surface area contributed by atoms with E-state index < -0.39 is 10.0 Å². The normalized spacial score (nSPS) is 13.4. The van der Waals surface area contributed by atoms with Gasteiger partial charge < -0.3 is 9.72 Å². The second kappa shape index (κ2) is 5.39. The van der Waals surface area contributed by atoms with Crippen LogP contribution in [-0.2, 0) is 10.0 Å². The number of imidazole rings is 1. The van der Waals surface area contributed by atoms with Crippen LogP contribution in [0.25, 0.3) is 6.08 Å². The van der Waals surface area contributed by atoms with Crippen molar-refractivity contribution in [2.75, 3.05) is 28.5 Å². The zero-order valence-electron chi connectivity index (χ0n) is 12.4. The molecule has 0 fully saturated rings. The summed E-state index contributed by atoms with van der Waals surface area (Å²) < 4.78 is 30.3. The van der Waals surface area contributed by atoms with Crippen LogP contribution in [0.1, 0.15) is 5.69 Å². The Balaban J connectivity index is 1.93. The van der Waals surface area contributed by atoms with Gasteiger partial charge in [0.05, 0.1) is 24.7 Å². The number of sulfonamides is 1. The van der Waals surface area contributed by atoms with Crippen LogP contribution in [0.5, 0.6) is 5.75 Å². The number of aromatic amines is 2. The Morgan fingerprint density at radius 3 is 2.74 bits per heavy atom. The summed E-state index contributed by atoms with van der Waals surface area (Å²) >= 11 is 0. The van der Waals surface area contributed by atoms with Crippen LogP contribution in [0.15, 0.2) is 29.2 Å². The molecule has 0 unspecified atom stereocenters. The van der Waals surface area contributed by atoms with E-state index in [4.69, 9.17) is 4.74 Å². The summed E-state index contributed by atoms with van der Waals surface area (Å²) in [6, 6.07) is 4.88. The zero-order chi connectivity index (χ0) is 16.6.